The molecule has 1 atom stereocenters. The number of hydrogen-bond donors (Lipinski definition) is 1. The molecule has 3 aromatic heterocycles. The van der Waals surface area contributed by atoms with Crippen LogP contribution in [0, 0.1) is 5.82 Å². The van der Waals surface area contributed by atoms with Crippen molar-refractivity contribution in [3.63, 3.8) is 0 Å². The molecular formula is C20H14ClFN4O2S. The molecule has 0 bridgehead atoms. The van der Waals surface area contributed by atoms with E-state index in [2.05, 4.69) is 19.9 Å². The summed E-state index contributed by atoms with van der Waals surface area (Å²) in [7, 11) is 0. The molecule has 146 valence electrons. The summed E-state index contributed by atoms with van der Waals surface area (Å²) in [4.78, 5) is 17.2. The first-order valence-electron chi connectivity index (χ1n) is 8.56. The minimum atomic E-state index is -0.775. The van der Waals surface area contributed by atoms with Crippen molar-refractivity contribution in [2.75, 3.05) is 0 Å². The van der Waals surface area contributed by atoms with Gasteiger partial charge in [0.2, 0.25) is 5.89 Å². The number of pyridine rings is 1. The topological polar surface area (TPSA) is 84.9 Å². The summed E-state index contributed by atoms with van der Waals surface area (Å²) < 4.78 is 19.2. The zero-order valence-electron chi connectivity index (χ0n) is 15.1. The van der Waals surface area contributed by atoms with Crippen LogP contribution in [-0.2, 0) is 0 Å². The van der Waals surface area contributed by atoms with E-state index >= 15 is 0 Å². The predicted molar refractivity (Wildman–Crippen MR) is 107 cm³/mol. The molecule has 0 radical (unpaired) electrons. The maximum Gasteiger partial charge on any atom is 0.228 e. The third-order valence-electron chi connectivity index (χ3n) is 3.90. The van der Waals surface area contributed by atoms with E-state index in [1.807, 2.05) is 0 Å². The Morgan fingerprint density at radius 1 is 1.00 bits per heavy atom. The molecule has 0 aliphatic heterocycles. The quantitative estimate of drug-likeness (QED) is 0.468. The fourth-order valence-electron chi connectivity index (χ4n) is 2.47. The second-order valence-electron chi connectivity index (χ2n) is 6.08. The van der Waals surface area contributed by atoms with Crippen LogP contribution in [-0.4, -0.2) is 25.0 Å². The van der Waals surface area contributed by atoms with Gasteiger partial charge in [0.25, 0.3) is 0 Å². The molecule has 0 saturated heterocycles. The Morgan fingerprint density at radius 3 is 2.34 bits per heavy atom. The van der Waals surface area contributed by atoms with Gasteiger partial charge in [-0.25, -0.2) is 24.3 Å². The summed E-state index contributed by atoms with van der Waals surface area (Å²) in [5.41, 5.74) is 1.76. The van der Waals surface area contributed by atoms with Crippen LogP contribution in [0.2, 0.25) is 5.02 Å². The van der Waals surface area contributed by atoms with Crippen LogP contribution >= 0.6 is 23.4 Å². The van der Waals surface area contributed by atoms with Gasteiger partial charge in [0.1, 0.15) is 22.6 Å². The molecule has 0 aliphatic carbocycles. The summed E-state index contributed by atoms with van der Waals surface area (Å²) in [6.07, 6.45) is 3.91. The van der Waals surface area contributed by atoms with Crippen LogP contribution in [0.4, 0.5) is 4.39 Å². The summed E-state index contributed by atoms with van der Waals surface area (Å²) in [6, 6.07) is 9.36. The minimum absolute atomic E-state index is 0.310. The Hall–Kier alpha value is -2.81. The first-order chi connectivity index (χ1) is 14.0. The lowest BCUT2D eigenvalue weighted by Gasteiger charge is -2.04. The SMILES string of the molecule is CC(O)c1ncc(-c2nc(-c3ccc(F)cc3)oc2Sc2ccc(Cl)cn2)cn1. The van der Waals surface area contributed by atoms with Crippen LogP contribution in [0.1, 0.15) is 18.9 Å². The van der Waals surface area contributed by atoms with Crippen molar-refractivity contribution in [2.24, 2.45) is 0 Å². The van der Waals surface area contributed by atoms with E-state index in [0.29, 0.717) is 43.7 Å². The number of aliphatic hydroxyl groups is 1. The fraction of sp³-hybridized carbons (Fsp3) is 0.100. The van der Waals surface area contributed by atoms with Gasteiger partial charge in [-0.1, -0.05) is 11.6 Å². The molecule has 4 rings (SSSR count). The van der Waals surface area contributed by atoms with Crippen molar-refractivity contribution in [3.8, 4) is 22.7 Å². The average Bonchev–Trinajstić information content (AvgIpc) is 3.14. The molecule has 3 heterocycles. The number of nitrogens with zero attached hydrogens (tertiary/aromatic N) is 4. The molecule has 0 saturated carbocycles. The van der Waals surface area contributed by atoms with Crippen LogP contribution in [0.15, 0.2) is 69.5 Å². The minimum Gasteiger partial charge on any atom is -0.429 e. The van der Waals surface area contributed by atoms with E-state index in [1.54, 1.807) is 49.8 Å². The molecule has 0 amide bonds. The lowest BCUT2D eigenvalue weighted by molar-refractivity contribution is 0.189. The Kier molecular flexibility index (Phi) is 5.57. The number of rotatable bonds is 5. The van der Waals surface area contributed by atoms with Gasteiger partial charge in [0, 0.05) is 29.7 Å². The van der Waals surface area contributed by atoms with Gasteiger partial charge in [-0.2, -0.15) is 0 Å². The Labute approximate surface area is 174 Å². The van der Waals surface area contributed by atoms with Crippen molar-refractivity contribution >= 4 is 23.4 Å². The Morgan fingerprint density at radius 2 is 1.72 bits per heavy atom. The number of hydrogen-bond acceptors (Lipinski definition) is 7. The van der Waals surface area contributed by atoms with Crippen molar-refractivity contribution in [1.29, 1.82) is 0 Å². The lowest BCUT2D eigenvalue weighted by atomic mass is 10.2. The molecule has 1 unspecified atom stereocenters. The van der Waals surface area contributed by atoms with Gasteiger partial charge in [0.05, 0.1) is 5.02 Å². The monoisotopic (exact) mass is 428 g/mol. The molecule has 0 fully saturated rings. The summed E-state index contributed by atoms with van der Waals surface area (Å²) in [6.45, 7) is 1.59. The molecule has 1 aromatic carbocycles. The lowest BCUT2D eigenvalue weighted by Crippen LogP contribution is -1.99. The average molecular weight is 429 g/mol. The van der Waals surface area contributed by atoms with E-state index in [-0.39, 0.29) is 5.82 Å². The number of benzene rings is 1. The van der Waals surface area contributed by atoms with Gasteiger partial charge >= 0.3 is 0 Å². The summed E-state index contributed by atoms with van der Waals surface area (Å²) in [5, 5.41) is 11.3. The van der Waals surface area contributed by atoms with Crippen LogP contribution in [0.5, 0.6) is 0 Å². The maximum absolute atomic E-state index is 13.3. The van der Waals surface area contributed by atoms with E-state index in [4.69, 9.17) is 16.0 Å². The second-order valence-corrected chi connectivity index (χ2v) is 7.51. The predicted octanol–water partition coefficient (Wildman–Crippen LogP) is 5.19. The number of oxazole rings is 1. The van der Waals surface area contributed by atoms with E-state index in [9.17, 15) is 9.50 Å². The van der Waals surface area contributed by atoms with Gasteiger partial charge in [-0.05, 0) is 55.1 Å². The van der Waals surface area contributed by atoms with E-state index in [0.717, 1.165) is 0 Å². The Balaban J connectivity index is 1.76. The third kappa shape index (κ3) is 4.45. The molecule has 1 N–H and O–H groups in total. The van der Waals surface area contributed by atoms with Crippen molar-refractivity contribution < 1.29 is 13.9 Å². The molecular weight excluding hydrogens is 415 g/mol. The zero-order chi connectivity index (χ0) is 20.4. The summed E-state index contributed by atoms with van der Waals surface area (Å²) >= 11 is 7.17. The third-order valence-corrected chi connectivity index (χ3v) is 5.04. The van der Waals surface area contributed by atoms with Crippen LogP contribution in [0.3, 0.4) is 0 Å². The number of aliphatic hydroxyl groups excluding tert-OH is 1. The highest BCUT2D eigenvalue weighted by Gasteiger charge is 2.19. The summed E-state index contributed by atoms with van der Waals surface area (Å²) in [5.74, 6) is 0.295. The normalized spacial score (nSPS) is 12.1. The first-order valence-corrected chi connectivity index (χ1v) is 9.75. The molecule has 4 aromatic rings. The van der Waals surface area contributed by atoms with Crippen LogP contribution in [0.25, 0.3) is 22.7 Å². The van der Waals surface area contributed by atoms with E-state index < -0.39 is 6.10 Å². The largest absolute Gasteiger partial charge is 0.429 e. The maximum atomic E-state index is 13.3. The van der Waals surface area contributed by atoms with Gasteiger partial charge in [0.15, 0.2) is 10.9 Å². The molecule has 0 aliphatic rings. The molecule has 0 spiro atoms. The smallest absolute Gasteiger partial charge is 0.228 e. The zero-order valence-corrected chi connectivity index (χ0v) is 16.7. The highest BCUT2D eigenvalue weighted by Crippen LogP contribution is 2.38. The highest BCUT2D eigenvalue weighted by molar-refractivity contribution is 7.99. The van der Waals surface area contributed by atoms with Gasteiger partial charge < -0.3 is 9.52 Å². The number of aromatic nitrogens is 4. The molecule has 9 heteroatoms. The molecule has 29 heavy (non-hydrogen) atoms. The fourth-order valence-corrected chi connectivity index (χ4v) is 3.39. The van der Waals surface area contributed by atoms with Gasteiger partial charge in [-0.3, -0.25) is 0 Å². The number of halogens is 2. The Bertz CT molecular complexity index is 1120. The van der Waals surface area contributed by atoms with Crippen molar-refractivity contribution in [2.45, 2.75) is 23.1 Å². The standard InChI is InChI=1S/C20H14ClFN4O2S/c1-11(27)18-24-8-13(9-25-18)17-20(29-16-7-4-14(21)10-23-16)28-19(26-17)12-2-5-15(22)6-3-12/h2-11,27H,1H3. The van der Waals surface area contributed by atoms with Crippen molar-refractivity contribution in [1.82, 2.24) is 19.9 Å². The van der Waals surface area contributed by atoms with Crippen molar-refractivity contribution in [3.05, 3.63) is 71.7 Å². The second kappa shape index (κ2) is 8.28. The van der Waals surface area contributed by atoms with E-state index in [1.165, 1.54) is 23.9 Å². The molecule has 6 nitrogen and oxygen atoms in total. The first kappa shape index (κ1) is 19.5. The van der Waals surface area contributed by atoms with Crippen LogP contribution < -0.4 is 0 Å². The van der Waals surface area contributed by atoms with Gasteiger partial charge in [-0.15, -0.1) is 0 Å². The highest BCUT2D eigenvalue weighted by atomic mass is 35.5.